The van der Waals surface area contributed by atoms with Gasteiger partial charge in [0.2, 0.25) is 0 Å². The second-order valence-corrected chi connectivity index (χ2v) is 4.72. The second kappa shape index (κ2) is 5.46. The Balaban J connectivity index is 1.99. The van der Waals surface area contributed by atoms with Gasteiger partial charge >= 0.3 is 0 Å². The summed E-state index contributed by atoms with van der Waals surface area (Å²) in [4.78, 5) is 6.95. The lowest BCUT2D eigenvalue weighted by Gasteiger charge is -2.20. The molecule has 1 fully saturated rings. The van der Waals surface area contributed by atoms with Crippen molar-refractivity contribution in [1.82, 2.24) is 19.8 Å². The van der Waals surface area contributed by atoms with Gasteiger partial charge in [0, 0.05) is 31.5 Å². The van der Waals surface area contributed by atoms with Crippen LogP contribution in [0.3, 0.4) is 0 Å². The molecule has 4 heteroatoms. The molecule has 0 saturated carbocycles. The van der Waals surface area contributed by atoms with Crippen LogP contribution in [-0.2, 0) is 6.54 Å². The Kier molecular flexibility index (Phi) is 3.96. The van der Waals surface area contributed by atoms with Crippen LogP contribution in [0, 0.1) is 0 Å². The number of nitrogens with one attached hydrogen (secondary N) is 1. The SMILES string of the molecule is CC(C)n1ccnc1CN1CCCNCC1. The molecule has 90 valence electrons. The minimum atomic E-state index is 0.502. The van der Waals surface area contributed by atoms with Crippen LogP contribution in [0.4, 0.5) is 0 Å². The molecule has 1 N–H and O–H groups in total. The van der Waals surface area contributed by atoms with Crippen molar-refractivity contribution in [1.29, 1.82) is 0 Å². The fourth-order valence-electron chi connectivity index (χ4n) is 2.20. The maximum Gasteiger partial charge on any atom is 0.123 e. The van der Waals surface area contributed by atoms with Gasteiger partial charge in [-0.05, 0) is 33.4 Å². The molecule has 0 aliphatic carbocycles. The normalized spacial score (nSPS) is 18.9. The Morgan fingerprint density at radius 1 is 1.38 bits per heavy atom. The number of aromatic nitrogens is 2. The predicted molar refractivity (Wildman–Crippen MR) is 65.4 cm³/mol. The minimum absolute atomic E-state index is 0.502. The molecule has 0 aromatic carbocycles. The highest BCUT2D eigenvalue weighted by atomic mass is 15.2. The van der Waals surface area contributed by atoms with E-state index in [0.29, 0.717) is 6.04 Å². The average Bonchev–Trinajstić information content (AvgIpc) is 2.55. The number of hydrogen-bond acceptors (Lipinski definition) is 3. The molecule has 1 aliphatic heterocycles. The highest BCUT2D eigenvalue weighted by Gasteiger charge is 2.13. The monoisotopic (exact) mass is 222 g/mol. The quantitative estimate of drug-likeness (QED) is 0.836. The summed E-state index contributed by atoms with van der Waals surface area (Å²) in [6, 6.07) is 0.502. The summed E-state index contributed by atoms with van der Waals surface area (Å²) in [5.41, 5.74) is 0. The third-order valence-corrected chi connectivity index (χ3v) is 3.10. The van der Waals surface area contributed by atoms with E-state index in [-0.39, 0.29) is 0 Å². The van der Waals surface area contributed by atoms with Gasteiger partial charge in [-0.3, -0.25) is 4.90 Å². The van der Waals surface area contributed by atoms with Gasteiger partial charge in [-0.1, -0.05) is 0 Å². The summed E-state index contributed by atoms with van der Waals surface area (Å²) in [6.45, 7) is 9.94. The lowest BCUT2D eigenvalue weighted by atomic mass is 10.3. The number of imidazole rings is 1. The third kappa shape index (κ3) is 2.83. The molecule has 1 aromatic rings. The molecule has 2 heterocycles. The predicted octanol–water partition coefficient (Wildman–Crippen LogP) is 1.26. The number of nitrogens with zero attached hydrogens (tertiary/aromatic N) is 3. The van der Waals surface area contributed by atoms with Crippen LogP contribution in [0.15, 0.2) is 12.4 Å². The molecule has 4 nitrogen and oxygen atoms in total. The first kappa shape index (κ1) is 11.6. The maximum atomic E-state index is 4.46. The average molecular weight is 222 g/mol. The van der Waals surface area contributed by atoms with Gasteiger partial charge in [-0.2, -0.15) is 0 Å². The lowest BCUT2D eigenvalue weighted by Crippen LogP contribution is -2.29. The standard InChI is InChI=1S/C12H22N4/c1-11(2)16-9-6-14-12(16)10-15-7-3-4-13-5-8-15/h6,9,11,13H,3-5,7-8,10H2,1-2H3. The molecule has 0 bridgehead atoms. The van der Waals surface area contributed by atoms with Gasteiger partial charge in [0.1, 0.15) is 5.82 Å². The van der Waals surface area contributed by atoms with Crippen LogP contribution in [0.5, 0.6) is 0 Å². The Bertz CT molecular complexity index is 311. The fourth-order valence-corrected chi connectivity index (χ4v) is 2.20. The van der Waals surface area contributed by atoms with E-state index in [0.717, 1.165) is 26.2 Å². The first-order valence-corrected chi connectivity index (χ1v) is 6.22. The summed E-state index contributed by atoms with van der Waals surface area (Å²) >= 11 is 0. The molecule has 0 spiro atoms. The Hall–Kier alpha value is -0.870. The highest BCUT2D eigenvalue weighted by Crippen LogP contribution is 2.10. The van der Waals surface area contributed by atoms with Crippen LogP contribution in [0.1, 0.15) is 32.1 Å². The lowest BCUT2D eigenvalue weighted by molar-refractivity contribution is 0.271. The van der Waals surface area contributed by atoms with E-state index in [9.17, 15) is 0 Å². The summed E-state index contributed by atoms with van der Waals surface area (Å²) < 4.78 is 2.26. The van der Waals surface area contributed by atoms with Gasteiger partial charge in [0.25, 0.3) is 0 Å². The van der Waals surface area contributed by atoms with Crippen molar-refractivity contribution >= 4 is 0 Å². The molecule has 16 heavy (non-hydrogen) atoms. The molecule has 1 saturated heterocycles. The maximum absolute atomic E-state index is 4.46. The van der Waals surface area contributed by atoms with Gasteiger partial charge in [0.15, 0.2) is 0 Å². The zero-order chi connectivity index (χ0) is 11.4. The Morgan fingerprint density at radius 3 is 3.06 bits per heavy atom. The number of rotatable bonds is 3. The summed E-state index contributed by atoms with van der Waals surface area (Å²) in [7, 11) is 0. The topological polar surface area (TPSA) is 33.1 Å². The molecule has 0 unspecified atom stereocenters. The first-order chi connectivity index (χ1) is 7.77. The van der Waals surface area contributed by atoms with Crippen LogP contribution in [-0.4, -0.2) is 40.6 Å². The fraction of sp³-hybridized carbons (Fsp3) is 0.750. The van der Waals surface area contributed by atoms with Gasteiger partial charge < -0.3 is 9.88 Å². The molecule has 0 amide bonds. The van der Waals surface area contributed by atoms with E-state index in [1.165, 1.54) is 18.8 Å². The van der Waals surface area contributed by atoms with E-state index >= 15 is 0 Å². The second-order valence-electron chi connectivity index (χ2n) is 4.72. The van der Waals surface area contributed by atoms with Crippen molar-refractivity contribution in [3.8, 4) is 0 Å². The van der Waals surface area contributed by atoms with Crippen molar-refractivity contribution in [2.75, 3.05) is 26.2 Å². The molecule has 2 rings (SSSR count). The van der Waals surface area contributed by atoms with E-state index in [1.54, 1.807) is 0 Å². The first-order valence-electron chi connectivity index (χ1n) is 6.22. The zero-order valence-corrected chi connectivity index (χ0v) is 10.3. The molecule has 0 atom stereocenters. The number of hydrogen-bond donors (Lipinski definition) is 1. The van der Waals surface area contributed by atoms with Crippen LogP contribution in [0.2, 0.25) is 0 Å². The molecular weight excluding hydrogens is 200 g/mol. The molecular formula is C12H22N4. The Labute approximate surface area is 97.7 Å². The van der Waals surface area contributed by atoms with E-state index < -0.39 is 0 Å². The van der Waals surface area contributed by atoms with Crippen molar-refractivity contribution in [3.05, 3.63) is 18.2 Å². The van der Waals surface area contributed by atoms with Crippen LogP contribution >= 0.6 is 0 Å². The smallest absolute Gasteiger partial charge is 0.123 e. The Morgan fingerprint density at radius 2 is 2.25 bits per heavy atom. The van der Waals surface area contributed by atoms with E-state index in [2.05, 4.69) is 39.8 Å². The van der Waals surface area contributed by atoms with E-state index in [4.69, 9.17) is 0 Å². The molecule has 1 aromatic heterocycles. The third-order valence-electron chi connectivity index (χ3n) is 3.10. The minimum Gasteiger partial charge on any atom is -0.331 e. The van der Waals surface area contributed by atoms with Crippen molar-refractivity contribution in [2.24, 2.45) is 0 Å². The van der Waals surface area contributed by atoms with Crippen LogP contribution < -0.4 is 5.32 Å². The van der Waals surface area contributed by atoms with Crippen molar-refractivity contribution < 1.29 is 0 Å². The zero-order valence-electron chi connectivity index (χ0n) is 10.3. The van der Waals surface area contributed by atoms with E-state index in [1.807, 2.05) is 6.20 Å². The summed E-state index contributed by atoms with van der Waals surface area (Å²) in [5, 5.41) is 3.43. The summed E-state index contributed by atoms with van der Waals surface area (Å²) in [5.74, 6) is 1.19. The van der Waals surface area contributed by atoms with Gasteiger partial charge in [-0.15, -0.1) is 0 Å². The van der Waals surface area contributed by atoms with Crippen molar-refractivity contribution in [3.63, 3.8) is 0 Å². The molecule has 1 aliphatic rings. The van der Waals surface area contributed by atoms with Gasteiger partial charge in [-0.25, -0.2) is 4.98 Å². The summed E-state index contributed by atoms with van der Waals surface area (Å²) in [6.07, 6.45) is 5.23. The largest absolute Gasteiger partial charge is 0.331 e. The van der Waals surface area contributed by atoms with Gasteiger partial charge in [0.05, 0.1) is 6.54 Å². The highest BCUT2D eigenvalue weighted by molar-refractivity contribution is 4.94. The van der Waals surface area contributed by atoms with Crippen molar-refractivity contribution in [2.45, 2.75) is 32.9 Å². The molecule has 0 radical (unpaired) electrons. The van der Waals surface area contributed by atoms with Crippen LogP contribution in [0.25, 0.3) is 0 Å².